The molecular weight excluding hydrogens is 464 g/mol. The van der Waals surface area contributed by atoms with Crippen molar-refractivity contribution in [2.75, 3.05) is 21.3 Å². The molecule has 0 aliphatic heterocycles. The highest BCUT2D eigenvalue weighted by atomic mass is 16.6. The number of nitrogens with zero attached hydrogens (tertiary/aromatic N) is 3. The van der Waals surface area contributed by atoms with E-state index >= 15 is 0 Å². The summed E-state index contributed by atoms with van der Waals surface area (Å²) < 4.78 is 16.3. The van der Waals surface area contributed by atoms with Gasteiger partial charge in [-0.3, -0.25) is 14.9 Å². The number of methoxy groups -OCH3 is 3. The second-order valence-electron chi connectivity index (χ2n) is 7.50. The standard InChI is InChI=1S/C26H22N4O6/c1-34-23-12-17(13-24(35-2)25(23)36-3)21-14-19(18-9-5-6-10-20(18)28-21)26(31)29-27-15-16-8-4-7-11-22(16)30(32)33/h4-15H,1-3H3,(H,29,31)/b27-15+. The first-order valence-corrected chi connectivity index (χ1v) is 10.7. The molecule has 0 aliphatic carbocycles. The average Bonchev–Trinajstić information content (AvgIpc) is 2.91. The maximum atomic E-state index is 13.1. The number of hydrazone groups is 1. The van der Waals surface area contributed by atoms with Gasteiger partial charge in [0.25, 0.3) is 11.6 Å². The summed E-state index contributed by atoms with van der Waals surface area (Å²) in [5.74, 6) is 0.827. The summed E-state index contributed by atoms with van der Waals surface area (Å²) in [5.41, 5.74) is 4.67. The van der Waals surface area contributed by atoms with E-state index in [1.807, 2.05) is 6.07 Å². The van der Waals surface area contributed by atoms with Gasteiger partial charge in [-0.25, -0.2) is 10.4 Å². The van der Waals surface area contributed by atoms with Crippen molar-refractivity contribution in [3.63, 3.8) is 0 Å². The van der Waals surface area contributed by atoms with Gasteiger partial charge in [0.1, 0.15) is 0 Å². The van der Waals surface area contributed by atoms with Crippen LogP contribution in [0.1, 0.15) is 15.9 Å². The first kappa shape index (κ1) is 24.1. The molecule has 1 amide bonds. The lowest BCUT2D eigenvalue weighted by atomic mass is 10.0. The van der Waals surface area contributed by atoms with E-state index in [-0.39, 0.29) is 11.3 Å². The van der Waals surface area contributed by atoms with E-state index < -0.39 is 10.8 Å². The number of para-hydroxylation sites is 2. The van der Waals surface area contributed by atoms with Gasteiger partial charge in [-0.15, -0.1) is 0 Å². The summed E-state index contributed by atoms with van der Waals surface area (Å²) >= 11 is 0. The maximum Gasteiger partial charge on any atom is 0.278 e. The number of rotatable bonds is 8. The highest BCUT2D eigenvalue weighted by molar-refractivity contribution is 6.07. The average molecular weight is 486 g/mol. The van der Waals surface area contributed by atoms with Crippen molar-refractivity contribution in [3.05, 3.63) is 88.0 Å². The number of ether oxygens (including phenoxy) is 3. The molecule has 4 aromatic rings. The Labute approximate surface area is 206 Å². The lowest BCUT2D eigenvalue weighted by molar-refractivity contribution is -0.385. The molecule has 0 aliphatic rings. The number of fused-ring (bicyclic) bond motifs is 1. The minimum absolute atomic E-state index is 0.116. The zero-order chi connectivity index (χ0) is 25.7. The molecule has 0 saturated heterocycles. The number of carbonyl (C=O) groups excluding carboxylic acids is 1. The van der Waals surface area contributed by atoms with Gasteiger partial charge in [-0.05, 0) is 30.3 Å². The number of nitrogens with one attached hydrogen (secondary N) is 1. The molecule has 10 heteroatoms. The van der Waals surface area contributed by atoms with Crippen LogP contribution in [-0.2, 0) is 0 Å². The van der Waals surface area contributed by atoms with Gasteiger partial charge in [0.2, 0.25) is 5.75 Å². The third kappa shape index (κ3) is 4.78. The first-order chi connectivity index (χ1) is 17.5. The Morgan fingerprint density at radius 1 is 0.972 bits per heavy atom. The second kappa shape index (κ2) is 10.5. The quantitative estimate of drug-likeness (QED) is 0.219. The van der Waals surface area contributed by atoms with Crippen LogP contribution in [0.2, 0.25) is 0 Å². The van der Waals surface area contributed by atoms with Crippen molar-refractivity contribution in [2.45, 2.75) is 0 Å². The highest BCUT2D eigenvalue weighted by Gasteiger charge is 2.18. The van der Waals surface area contributed by atoms with Crippen LogP contribution in [0.5, 0.6) is 17.2 Å². The Morgan fingerprint density at radius 2 is 1.64 bits per heavy atom. The molecule has 182 valence electrons. The number of pyridine rings is 1. The van der Waals surface area contributed by atoms with Crippen molar-refractivity contribution in [2.24, 2.45) is 5.10 Å². The van der Waals surface area contributed by atoms with Crippen LogP contribution in [0.4, 0.5) is 5.69 Å². The van der Waals surface area contributed by atoms with Gasteiger partial charge in [-0.1, -0.05) is 30.3 Å². The molecule has 0 fully saturated rings. The topological polar surface area (TPSA) is 125 Å². The largest absolute Gasteiger partial charge is 0.493 e. The number of nitro benzene ring substituents is 1. The summed E-state index contributed by atoms with van der Waals surface area (Å²) in [6, 6.07) is 18.4. The monoisotopic (exact) mass is 486 g/mol. The summed E-state index contributed by atoms with van der Waals surface area (Å²) in [6.45, 7) is 0. The lowest BCUT2D eigenvalue weighted by Gasteiger charge is -2.15. The van der Waals surface area contributed by atoms with E-state index in [0.717, 1.165) is 0 Å². The highest BCUT2D eigenvalue weighted by Crippen LogP contribution is 2.41. The summed E-state index contributed by atoms with van der Waals surface area (Å²) in [4.78, 5) is 28.6. The molecule has 0 unspecified atom stereocenters. The van der Waals surface area contributed by atoms with E-state index in [1.54, 1.807) is 48.5 Å². The van der Waals surface area contributed by atoms with Crippen molar-refractivity contribution in [1.29, 1.82) is 0 Å². The van der Waals surface area contributed by atoms with Gasteiger partial charge in [0.15, 0.2) is 11.5 Å². The number of nitro groups is 1. The third-order valence-electron chi connectivity index (χ3n) is 5.42. The Kier molecular flexibility index (Phi) is 7.05. The molecule has 3 aromatic carbocycles. The van der Waals surface area contributed by atoms with E-state index in [4.69, 9.17) is 19.2 Å². The predicted molar refractivity (Wildman–Crippen MR) is 135 cm³/mol. The SMILES string of the molecule is COc1cc(-c2cc(C(=O)N/N=C/c3ccccc3[N+](=O)[O-])c3ccccc3n2)cc(OC)c1OC. The number of hydrogen-bond acceptors (Lipinski definition) is 8. The molecule has 0 radical (unpaired) electrons. The number of amides is 1. The van der Waals surface area contributed by atoms with E-state index in [0.29, 0.717) is 45.0 Å². The predicted octanol–water partition coefficient (Wildman–Crippen LogP) is 4.60. The minimum Gasteiger partial charge on any atom is -0.493 e. The van der Waals surface area contributed by atoms with Gasteiger partial charge >= 0.3 is 0 Å². The fraction of sp³-hybridized carbons (Fsp3) is 0.115. The van der Waals surface area contributed by atoms with E-state index in [9.17, 15) is 14.9 Å². The number of hydrogen-bond donors (Lipinski definition) is 1. The molecule has 0 bridgehead atoms. The van der Waals surface area contributed by atoms with Crippen molar-refractivity contribution < 1.29 is 23.9 Å². The Balaban J connectivity index is 1.74. The zero-order valence-corrected chi connectivity index (χ0v) is 19.7. The Morgan fingerprint density at radius 3 is 2.31 bits per heavy atom. The fourth-order valence-corrected chi connectivity index (χ4v) is 3.72. The maximum absolute atomic E-state index is 13.1. The molecule has 4 rings (SSSR count). The fourth-order valence-electron chi connectivity index (χ4n) is 3.72. The summed E-state index contributed by atoms with van der Waals surface area (Å²) in [6.07, 6.45) is 1.24. The Hall–Kier alpha value is -4.99. The second-order valence-corrected chi connectivity index (χ2v) is 7.50. The van der Waals surface area contributed by atoms with Crippen molar-refractivity contribution >= 4 is 28.7 Å². The normalized spacial score (nSPS) is 10.9. The van der Waals surface area contributed by atoms with Crippen LogP contribution in [0.25, 0.3) is 22.2 Å². The third-order valence-corrected chi connectivity index (χ3v) is 5.42. The summed E-state index contributed by atoms with van der Waals surface area (Å²) in [7, 11) is 4.55. The molecule has 0 atom stereocenters. The Bertz CT molecular complexity index is 1460. The lowest BCUT2D eigenvalue weighted by Crippen LogP contribution is -2.18. The van der Waals surface area contributed by atoms with Crippen molar-refractivity contribution in [1.82, 2.24) is 10.4 Å². The van der Waals surface area contributed by atoms with E-state index in [2.05, 4.69) is 10.5 Å². The smallest absolute Gasteiger partial charge is 0.278 e. The first-order valence-electron chi connectivity index (χ1n) is 10.7. The number of benzene rings is 3. The molecule has 10 nitrogen and oxygen atoms in total. The van der Waals surface area contributed by atoms with Crippen LogP contribution < -0.4 is 19.6 Å². The van der Waals surface area contributed by atoms with Gasteiger partial charge in [-0.2, -0.15) is 5.10 Å². The molecule has 1 N–H and O–H groups in total. The zero-order valence-electron chi connectivity index (χ0n) is 19.7. The number of aromatic nitrogens is 1. The van der Waals surface area contributed by atoms with Gasteiger partial charge < -0.3 is 14.2 Å². The van der Waals surface area contributed by atoms with Crippen LogP contribution in [0.15, 0.2) is 71.8 Å². The molecule has 1 aromatic heterocycles. The summed E-state index contributed by atoms with van der Waals surface area (Å²) in [5, 5.41) is 15.8. The molecule has 0 saturated carbocycles. The minimum atomic E-state index is -0.511. The van der Waals surface area contributed by atoms with Crippen LogP contribution >= 0.6 is 0 Å². The van der Waals surface area contributed by atoms with Gasteiger partial charge in [0, 0.05) is 17.0 Å². The molecule has 0 spiro atoms. The van der Waals surface area contributed by atoms with Crippen molar-refractivity contribution in [3.8, 4) is 28.5 Å². The van der Waals surface area contributed by atoms with Gasteiger partial charge in [0.05, 0.1) is 54.8 Å². The molecule has 36 heavy (non-hydrogen) atoms. The molecule has 1 heterocycles. The molecular formula is C26H22N4O6. The number of carbonyl (C=O) groups is 1. The van der Waals surface area contributed by atoms with Crippen LogP contribution in [0.3, 0.4) is 0 Å². The van der Waals surface area contributed by atoms with Crippen LogP contribution in [-0.4, -0.2) is 43.4 Å². The van der Waals surface area contributed by atoms with Crippen LogP contribution in [0, 0.1) is 10.1 Å². The van der Waals surface area contributed by atoms with E-state index in [1.165, 1.54) is 39.7 Å².